The first kappa shape index (κ1) is 25.8. The molecule has 1 unspecified atom stereocenters. The highest BCUT2D eigenvalue weighted by Crippen LogP contribution is 2.28. The molecule has 1 aromatic carbocycles. The summed E-state index contributed by atoms with van der Waals surface area (Å²) in [5.74, 6) is 2.29. The summed E-state index contributed by atoms with van der Waals surface area (Å²) in [6.45, 7) is 6.52. The van der Waals surface area contributed by atoms with Gasteiger partial charge in [0.15, 0.2) is 17.5 Å². The number of nitrogens with zero attached hydrogens (tertiary/aromatic N) is 1. The van der Waals surface area contributed by atoms with Crippen LogP contribution in [0.1, 0.15) is 38.2 Å². The van der Waals surface area contributed by atoms with E-state index in [4.69, 9.17) is 18.9 Å². The lowest BCUT2D eigenvalue weighted by molar-refractivity contribution is 0.0168. The fourth-order valence-corrected chi connectivity index (χ4v) is 2.93. The zero-order valence-corrected chi connectivity index (χ0v) is 20.2. The molecule has 1 aliphatic rings. The van der Waals surface area contributed by atoms with E-state index < -0.39 is 0 Å². The van der Waals surface area contributed by atoms with Crippen molar-refractivity contribution < 1.29 is 18.9 Å². The maximum atomic E-state index is 5.70. The molecule has 0 aromatic heterocycles. The Morgan fingerprint density at radius 2 is 2.10 bits per heavy atom. The van der Waals surface area contributed by atoms with E-state index >= 15 is 0 Å². The molecular formula is C21H36IN3O4. The van der Waals surface area contributed by atoms with Crippen molar-refractivity contribution in [3.8, 4) is 11.5 Å². The van der Waals surface area contributed by atoms with Crippen LogP contribution in [0.25, 0.3) is 0 Å². The van der Waals surface area contributed by atoms with Gasteiger partial charge in [0.25, 0.3) is 0 Å². The molecule has 0 aliphatic carbocycles. The van der Waals surface area contributed by atoms with Crippen LogP contribution in [0.5, 0.6) is 11.5 Å². The Bertz CT molecular complexity index is 595. The summed E-state index contributed by atoms with van der Waals surface area (Å²) in [5.41, 5.74) is 1.10. The Morgan fingerprint density at radius 1 is 1.24 bits per heavy atom. The third-order valence-electron chi connectivity index (χ3n) is 4.46. The highest BCUT2D eigenvalue weighted by atomic mass is 127. The number of nitrogens with one attached hydrogen (secondary N) is 2. The Labute approximate surface area is 191 Å². The van der Waals surface area contributed by atoms with Gasteiger partial charge in [-0.3, -0.25) is 4.99 Å². The lowest BCUT2D eigenvalue weighted by Gasteiger charge is -2.14. The van der Waals surface area contributed by atoms with E-state index in [9.17, 15) is 0 Å². The largest absolute Gasteiger partial charge is 0.493 e. The first-order valence-electron chi connectivity index (χ1n) is 10.2. The number of hydrogen-bond acceptors (Lipinski definition) is 5. The van der Waals surface area contributed by atoms with Crippen LogP contribution in [-0.2, 0) is 16.0 Å². The molecule has 1 fully saturated rings. The third kappa shape index (κ3) is 9.86. The van der Waals surface area contributed by atoms with Crippen LogP contribution >= 0.6 is 24.0 Å². The number of hydrogen-bond donors (Lipinski definition) is 2. The normalized spacial score (nSPS) is 16.2. The summed E-state index contributed by atoms with van der Waals surface area (Å²) in [5, 5.41) is 6.62. The number of rotatable bonds is 12. The van der Waals surface area contributed by atoms with Gasteiger partial charge in [0.1, 0.15) is 0 Å². The Hall–Kier alpha value is -1.26. The van der Waals surface area contributed by atoms with Crippen molar-refractivity contribution in [1.82, 2.24) is 10.6 Å². The van der Waals surface area contributed by atoms with Crippen molar-refractivity contribution >= 4 is 29.9 Å². The smallest absolute Gasteiger partial charge is 0.191 e. The molecule has 7 nitrogen and oxygen atoms in total. The van der Waals surface area contributed by atoms with Crippen molar-refractivity contribution in [2.75, 3.05) is 47.1 Å². The molecule has 29 heavy (non-hydrogen) atoms. The van der Waals surface area contributed by atoms with E-state index in [-0.39, 0.29) is 30.1 Å². The summed E-state index contributed by atoms with van der Waals surface area (Å²) in [4.78, 5) is 4.26. The van der Waals surface area contributed by atoms with Crippen LogP contribution < -0.4 is 20.1 Å². The van der Waals surface area contributed by atoms with Crippen LogP contribution in [-0.4, -0.2) is 59.2 Å². The molecule has 2 N–H and O–H groups in total. The Kier molecular flexibility index (Phi) is 13.8. The maximum Gasteiger partial charge on any atom is 0.191 e. The summed E-state index contributed by atoms with van der Waals surface area (Å²) >= 11 is 0. The SMILES string of the molecule is CCCOc1ccc(CNC(=NC)NCCCOCC2CCCO2)cc1OC.I. The molecule has 2 rings (SSSR count). The Balaban J connectivity index is 0.00000420. The van der Waals surface area contributed by atoms with Crippen molar-refractivity contribution in [3.63, 3.8) is 0 Å². The minimum atomic E-state index is 0. The van der Waals surface area contributed by atoms with Gasteiger partial charge in [-0.15, -0.1) is 24.0 Å². The van der Waals surface area contributed by atoms with Crippen LogP contribution in [0.4, 0.5) is 0 Å². The number of benzene rings is 1. The summed E-state index contributed by atoms with van der Waals surface area (Å²) in [6.07, 6.45) is 4.44. The molecule has 0 amide bonds. The zero-order valence-electron chi connectivity index (χ0n) is 17.9. The molecule has 0 radical (unpaired) electrons. The highest BCUT2D eigenvalue weighted by molar-refractivity contribution is 14.0. The first-order valence-corrected chi connectivity index (χ1v) is 10.2. The van der Waals surface area contributed by atoms with Crippen LogP contribution in [0, 0.1) is 0 Å². The average molecular weight is 521 g/mol. The molecule has 1 atom stereocenters. The quantitative estimate of drug-likeness (QED) is 0.190. The van der Waals surface area contributed by atoms with Crippen LogP contribution in [0.15, 0.2) is 23.2 Å². The summed E-state index contributed by atoms with van der Waals surface area (Å²) < 4.78 is 22.4. The standard InChI is InChI=1S/C21H35N3O4.HI/c1-4-11-28-19-9-8-17(14-20(19)25-3)15-24-21(22-2)23-10-6-12-26-16-18-7-5-13-27-18;/h8-9,14,18H,4-7,10-13,15-16H2,1-3H3,(H2,22,23,24);1H. The predicted molar refractivity (Wildman–Crippen MR) is 127 cm³/mol. The van der Waals surface area contributed by atoms with E-state index in [1.165, 1.54) is 0 Å². The lowest BCUT2D eigenvalue weighted by atomic mass is 10.2. The third-order valence-corrected chi connectivity index (χ3v) is 4.46. The molecule has 0 bridgehead atoms. The molecule has 1 saturated heterocycles. The number of aliphatic imine (C=N–C) groups is 1. The van der Waals surface area contributed by atoms with E-state index in [0.717, 1.165) is 68.5 Å². The van der Waals surface area contributed by atoms with Gasteiger partial charge < -0.3 is 29.6 Å². The van der Waals surface area contributed by atoms with Crippen molar-refractivity contribution in [1.29, 1.82) is 0 Å². The number of methoxy groups -OCH3 is 1. The van der Waals surface area contributed by atoms with Crippen LogP contribution in [0.2, 0.25) is 0 Å². The van der Waals surface area contributed by atoms with Crippen LogP contribution in [0.3, 0.4) is 0 Å². The van der Waals surface area contributed by atoms with E-state index in [1.807, 2.05) is 18.2 Å². The van der Waals surface area contributed by atoms with E-state index in [1.54, 1.807) is 14.2 Å². The summed E-state index contributed by atoms with van der Waals surface area (Å²) in [6, 6.07) is 5.98. The molecule has 1 aliphatic heterocycles. The van der Waals surface area contributed by atoms with Gasteiger partial charge >= 0.3 is 0 Å². The highest BCUT2D eigenvalue weighted by Gasteiger charge is 2.14. The van der Waals surface area contributed by atoms with Gasteiger partial charge in [-0.05, 0) is 43.4 Å². The number of guanidine groups is 1. The second kappa shape index (κ2) is 15.6. The fourth-order valence-electron chi connectivity index (χ4n) is 2.93. The maximum absolute atomic E-state index is 5.70. The first-order chi connectivity index (χ1) is 13.8. The van der Waals surface area contributed by atoms with Gasteiger partial charge in [-0.25, -0.2) is 0 Å². The summed E-state index contributed by atoms with van der Waals surface area (Å²) in [7, 11) is 3.43. The van der Waals surface area contributed by atoms with Gasteiger partial charge in [0.2, 0.25) is 0 Å². The molecule has 8 heteroatoms. The molecule has 166 valence electrons. The van der Waals surface area contributed by atoms with Gasteiger partial charge in [0.05, 0.1) is 26.4 Å². The van der Waals surface area contributed by atoms with Crippen molar-refractivity contribution in [2.24, 2.45) is 4.99 Å². The monoisotopic (exact) mass is 521 g/mol. The average Bonchev–Trinajstić information content (AvgIpc) is 3.25. The molecule has 0 saturated carbocycles. The second-order valence-corrected chi connectivity index (χ2v) is 6.75. The van der Waals surface area contributed by atoms with Gasteiger partial charge in [-0.1, -0.05) is 13.0 Å². The van der Waals surface area contributed by atoms with Crippen molar-refractivity contribution in [3.05, 3.63) is 23.8 Å². The zero-order chi connectivity index (χ0) is 20.0. The molecule has 1 heterocycles. The minimum Gasteiger partial charge on any atom is -0.493 e. The van der Waals surface area contributed by atoms with E-state index in [2.05, 4.69) is 22.5 Å². The Morgan fingerprint density at radius 3 is 2.79 bits per heavy atom. The van der Waals surface area contributed by atoms with Gasteiger partial charge in [-0.2, -0.15) is 0 Å². The number of ether oxygens (including phenoxy) is 4. The molecule has 0 spiro atoms. The second-order valence-electron chi connectivity index (χ2n) is 6.75. The van der Waals surface area contributed by atoms with Crippen molar-refractivity contribution in [2.45, 2.75) is 45.3 Å². The predicted octanol–water partition coefficient (Wildman–Crippen LogP) is 3.35. The minimum absolute atomic E-state index is 0. The number of halogens is 1. The molecular weight excluding hydrogens is 485 g/mol. The van der Waals surface area contributed by atoms with Gasteiger partial charge in [0, 0.05) is 33.4 Å². The fraction of sp³-hybridized carbons (Fsp3) is 0.667. The van der Waals surface area contributed by atoms with E-state index in [0.29, 0.717) is 19.8 Å². The topological polar surface area (TPSA) is 73.3 Å². The lowest BCUT2D eigenvalue weighted by Crippen LogP contribution is -2.37. The molecule has 1 aromatic rings.